The van der Waals surface area contributed by atoms with Crippen LogP contribution >= 0.6 is 25.3 Å². The zero-order chi connectivity index (χ0) is 48.4. The van der Waals surface area contributed by atoms with Crippen LogP contribution in [0.1, 0.15) is 165 Å². The Balaban J connectivity index is 0.948. The molecule has 4 amide bonds. The van der Waals surface area contributed by atoms with Crippen molar-refractivity contribution < 1.29 is 19.2 Å². The predicted octanol–water partition coefficient (Wildman–Crippen LogP) is 15.4. The van der Waals surface area contributed by atoms with Gasteiger partial charge in [0.2, 0.25) is 0 Å². The minimum Gasteiger partial charge on any atom is -0.268 e. The van der Waals surface area contributed by atoms with E-state index >= 15 is 0 Å². The van der Waals surface area contributed by atoms with Gasteiger partial charge in [-0.15, -0.1) is 25.3 Å². The second-order valence-electron chi connectivity index (χ2n) is 20.4. The first-order chi connectivity index (χ1) is 32.3. The molecule has 0 aliphatic carbocycles. The van der Waals surface area contributed by atoms with E-state index in [0.717, 1.165) is 88.0 Å². The molecule has 0 atom stereocenters. The van der Waals surface area contributed by atoms with E-state index in [0.29, 0.717) is 33.6 Å². The summed E-state index contributed by atoms with van der Waals surface area (Å²) >= 11 is 9.35. The molecule has 0 N–H and O–H groups in total. The quantitative estimate of drug-likeness (QED) is 0.0859. The first-order valence-electron chi connectivity index (χ1n) is 23.8. The molecule has 342 valence electrons. The van der Waals surface area contributed by atoms with Gasteiger partial charge in [0.25, 0.3) is 23.6 Å². The van der Waals surface area contributed by atoms with Gasteiger partial charge in [0.05, 0.1) is 33.6 Å². The maximum atomic E-state index is 14.3. The van der Waals surface area contributed by atoms with Crippen LogP contribution in [-0.4, -0.2) is 23.6 Å². The molecule has 0 saturated heterocycles. The summed E-state index contributed by atoms with van der Waals surface area (Å²) in [5, 5.41) is 8.02. The number of thiol groups is 2. The fourth-order valence-corrected chi connectivity index (χ4v) is 11.3. The molecule has 0 saturated carbocycles. The summed E-state index contributed by atoms with van der Waals surface area (Å²) in [4.78, 5) is 61.5. The minimum atomic E-state index is -0.290. The third-order valence-corrected chi connectivity index (χ3v) is 14.9. The lowest BCUT2D eigenvalue weighted by molar-refractivity contribution is 0.0909. The summed E-state index contributed by atoms with van der Waals surface area (Å²) in [6.07, 6.45) is 1.66. The second kappa shape index (κ2) is 16.8. The first kappa shape index (κ1) is 45.6. The third-order valence-electron chi connectivity index (χ3n) is 14.4. The topological polar surface area (TPSA) is 74.8 Å². The highest BCUT2D eigenvalue weighted by Gasteiger charge is 2.41. The number of nitrogens with zero attached hydrogens (tertiary/aromatic N) is 2. The Hall–Kier alpha value is -6.22. The van der Waals surface area contributed by atoms with Crippen LogP contribution in [0.4, 0.5) is 11.4 Å². The number of imide groups is 2. The van der Waals surface area contributed by atoms with Crippen molar-refractivity contribution in [3.63, 3.8) is 0 Å². The van der Waals surface area contributed by atoms with E-state index in [1.807, 2.05) is 48.5 Å². The van der Waals surface area contributed by atoms with Crippen molar-refractivity contribution in [1.29, 1.82) is 0 Å². The molecular weight excluding hydrogens is 877 g/mol. The maximum Gasteiger partial charge on any atom is 0.266 e. The van der Waals surface area contributed by atoms with E-state index in [4.69, 9.17) is 0 Å². The number of anilines is 2. The molecule has 0 fully saturated rings. The van der Waals surface area contributed by atoms with Crippen molar-refractivity contribution in [2.45, 2.75) is 116 Å². The molecule has 2 aliphatic rings. The lowest BCUT2D eigenvalue weighted by atomic mass is 9.91. The number of amides is 4. The lowest BCUT2D eigenvalue weighted by Gasteiger charge is -2.26. The standard InChI is InChI=1S/C60H56N2O4S2/c1-29(2)47-25-45(67)26-48(30(3)4)55(47)61-57(63)51-21-41-17-37-13-33(9)35(15-39(37)19-43(41)23-53(51)59(61)65)11-12-36-16-40-20-44-24-54-52(22-42(44)18-38(40)14-34(36)10)58(64)62(60(54)66)56-49(31(5)6)27-46(68)28-50(56)32(7)8/h13-32,67-68H,11-12H2,1-10H3. The molecule has 0 radical (unpaired) electrons. The molecule has 2 aliphatic heterocycles. The fraction of sp³-hybridized carbons (Fsp3) is 0.267. The average Bonchev–Trinajstić information content (AvgIpc) is 3.66. The molecule has 0 aromatic heterocycles. The van der Waals surface area contributed by atoms with Gasteiger partial charge in [-0.25, -0.2) is 9.80 Å². The second-order valence-corrected chi connectivity index (χ2v) is 21.4. The molecule has 68 heavy (non-hydrogen) atoms. The van der Waals surface area contributed by atoms with Crippen molar-refractivity contribution in [2.75, 3.05) is 9.80 Å². The van der Waals surface area contributed by atoms with E-state index in [9.17, 15) is 19.2 Å². The van der Waals surface area contributed by atoms with Crippen molar-refractivity contribution in [3.8, 4) is 0 Å². The van der Waals surface area contributed by atoms with Gasteiger partial charge >= 0.3 is 0 Å². The normalized spacial score (nSPS) is 14.0. The van der Waals surface area contributed by atoms with Crippen molar-refractivity contribution in [2.24, 2.45) is 0 Å². The highest BCUT2D eigenvalue weighted by Crippen LogP contribution is 2.44. The number of fused-ring (bicyclic) bond motifs is 6. The number of carbonyl (C=O) groups excluding carboxylic acids is 4. The van der Waals surface area contributed by atoms with Gasteiger partial charge in [0, 0.05) is 9.79 Å². The van der Waals surface area contributed by atoms with E-state index in [2.05, 4.69) is 143 Å². The van der Waals surface area contributed by atoms with Crippen molar-refractivity contribution in [1.82, 2.24) is 0 Å². The van der Waals surface area contributed by atoms with Crippen molar-refractivity contribution in [3.05, 3.63) is 164 Å². The van der Waals surface area contributed by atoms with E-state index in [1.54, 1.807) is 0 Å². The fourth-order valence-electron chi connectivity index (χ4n) is 10.7. The van der Waals surface area contributed by atoms with Gasteiger partial charge in [0.1, 0.15) is 0 Å². The molecule has 6 nitrogen and oxygen atoms in total. The first-order valence-corrected chi connectivity index (χ1v) is 24.7. The monoisotopic (exact) mass is 932 g/mol. The zero-order valence-electron chi connectivity index (χ0n) is 40.4. The predicted molar refractivity (Wildman–Crippen MR) is 286 cm³/mol. The number of aryl methyl sites for hydroxylation is 4. The Kier molecular flexibility index (Phi) is 11.2. The molecule has 10 rings (SSSR count). The SMILES string of the molecule is Cc1cc2cc3cc4c(cc3cc2cc1CCc1cc2cc3cc5c(cc3cc2cc1C)C(=O)N(c1c(C(C)C)cc(S)cc1C(C)C)C5=O)C(=O)N(c1c(C(C)C)cc(S)cc1C(C)C)C4=O. The summed E-state index contributed by atoms with van der Waals surface area (Å²) in [6.45, 7) is 21.0. The highest BCUT2D eigenvalue weighted by atomic mass is 32.1. The smallest absolute Gasteiger partial charge is 0.266 e. The van der Waals surface area contributed by atoms with Crippen LogP contribution in [0, 0.1) is 13.8 Å². The van der Waals surface area contributed by atoms with Gasteiger partial charge in [-0.1, -0.05) is 79.7 Å². The lowest BCUT2D eigenvalue weighted by Crippen LogP contribution is -2.31. The Bertz CT molecular complexity index is 3270. The summed E-state index contributed by atoms with van der Waals surface area (Å²) in [5.74, 6) is -0.815. The molecule has 0 bridgehead atoms. The van der Waals surface area contributed by atoms with Gasteiger partial charge in [-0.3, -0.25) is 19.2 Å². The molecule has 8 heteroatoms. The van der Waals surface area contributed by atoms with E-state index in [-0.39, 0.29) is 47.3 Å². The molecule has 0 unspecified atom stereocenters. The van der Waals surface area contributed by atoms with Gasteiger partial charge in [-0.05, 0) is 211 Å². The van der Waals surface area contributed by atoms with Gasteiger partial charge < -0.3 is 0 Å². The number of hydrogen-bond donors (Lipinski definition) is 2. The van der Waals surface area contributed by atoms with Crippen LogP contribution in [0.25, 0.3) is 43.1 Å². The van der Waals surface area contributed by atoms with Crippen LogP contribution in [0.5, 0.6) is 0 Å². The van der Waals surface area contributed by atoms with Crippen LogP contribution in [0.15, 0.2) is 107 Å². The van der Waals surface area contributed by atoms with Crippen LogP contribution in [0.3, 0.4) is 0 Å². The molecule has 2 heterocycles. The third kappa shape index (κ3) is 7.43. The highest BCUT2D eigenvalue weighted by molar-refractivity contribution is 7.80. The van der Waals surface area contributed by atoms with Crippen molar-refractivity contribution >= 4 is 103 Å². The Morgan fingerprint density at radius 1 is 0.353 bits per heavy atom. The average molecular weight is 933 g/mol. The Morgan fingerprint density at radius 2 is 0.588 bits per heavy atom. The Morgan fingerprint density at radius 3 is 0.838 bits per heavy atom. The number of rotatable bonds is 9. The number of benzene rings is 8. The van der Waals surface area contributed by atoms with Crippen LogP contribution in [0.2, 0.25) is 0 Å². The zero-order valence-corrected chi connectivity index (χ0v) is 42.2. The molecular formula is C60H56N2O4S2. The Labute approximate surface area is 409 Å². The van der Waals surface area contributed by atoms with E-state index in [1.165, 1.54) is 32.1 Å². The summed E-state index contributed by atoms with van der Waals surface area (Å²) in [6, 6.07) is 33.1. The molecule has 8 aromatic rings. The summed E-state index contributed by atoms with van der Waals surface area (Å²) < 4.78 is 0. The summed E-state index contributed by atoms with van der Waals surface area (Å²) in [7, 11) is 0. The maximum absolute atomic E-state index is 14.3. The minimum absolute atomic E-state index is 0.0850. The van der Waals surface area contributed by atoms with Crippen LogP contribution in [-0.2, 0) is 12.8 Å². The number of carbonyl (C=O) groups is 4. The van der Waals surface area contributed by atoms with E-state index < -0.39 is 0 Å². The number of hydrogen-bond acceptors (Lipinski definition) is 6. The van der Waals surface area contributed by atoms with Crippen LogP contribution < -0.4 is 9.80 Å². The molecule has 8 aromatic carbocycles. The summed E-state index contributed by atoms with van der Waals surface area (Å²) in [5.41, 5.74) is 11.7. The van der Waals surface area contributed by atoms with Gasteiger partial charge in [0.15, 0.2) is 0 Å². The molecule has 0 spiro atoms. The van der Waals surface area contributed by atoms with Gasteiger partial charge in [-0.2, -0.15) is 0 Å². The largest absolute Gasteiger partial charge is 0.268 e.